The third kappa shape index (κ3) is 5.60. The van der Waals surface area contributed by atoms with E-state index in [1.165, 1.54) is 45.0 Å². The Kier molecular flexibility index (Phi) is 7.38. The normalized spacial score (nSPS) is 11.4. The first-order valence-corrected chi connectivity index (χ1v) is 10.5. The van der Waals surface area contributed by atoms with Gasteiger partial charge in [-0.15, -0.1) is 0 Å². The van der Waals surface area contributed by atoms with Crippen LogP contribution in [0.25, 0.3) is 11.1 Å². The first-order chi connectivity index (χ1) is 15.9. The molecule has 0 saturated carbocycles. The molecule has 0 aliphatic rings. The number of aliphatic hydroxyl groups is 1. The molecule has 0 unspecified atom stereocenters. The monoisotopic (exact) mass is 494 g/mol. The summed E-state index contributed by atoms with van der Waals surface area (Å²) in [5.41, 5.74) is -1.41. The van der Waals surface area contributed by atoms with Gasteiger partial charge in [0.25, 0.3) is 11.5 Å². The molecule has 0 aliphatic carbocycles. The zero-order valence-corrected chi connectivity index (χ0v) is 19.3. The Hall–Kier alpha value is -3.30. The van der Waals surface area contributed by atoms with Crippen LogP contribution in [0.15, 0.2) is 41.2 Å². The van der Waals surface area contributed by atoms with Crippen LogP contribution in [-0.4, -0.2) is 21.6 Å². The van der Waals surface area contributed by atoms with Crippen LogP contribution in [0.1, 0.15) is 30.7 Å². The average molecular weight is 495 g/mol. The van der Waals surface area contributed by atoms with Crippen molar-refractivity contribution in [3.63, 3.8) is 0 Å². The number of aryl methyl sites for hydroxylation is 1. The molecule has 6 nitrogen and oxygen atoms in total. The number of carbonyl (C=O) groups excluding carboxylic acids is 1. The molecule has 10 heteroatoms. The van der Waals surface area contributed by atoms with Crippen molar-refractivity contribution < 1.29 is 27.8 Å². The second-order valence-electron chi connectivity index (χ2n) is 8.18. The van der Waals surface area contributed by atoms with Gasteiger partial charge < -0.3 is 20.1 Å². The SMILES string of the molecule is Cc1[nH]c(=O)c(Cl)c(OCc2ccc(F)cc2F)c1-c1cc(CNC(=O)C(C)(C)O)ccc1F. The average Bonchev–Trinajstić information content (AvgIpc) is 2.75. The Balaban J connectivity index is 2.01. The van der Waals surface area contributed by atoms with Gasteiger partial charge in [-0.05, 0) is 50.6 Å². The van der Waals surface area contributed by atoms with E-state index in [1.54, 1.807) is 0 Å². The minimum atomic E-state index is -1.59. The Morgan fingerprint density at radius 1 is 1.15 bits per heavy atom. The molecular weight excluding hydrogens is 473 g/mol. The van der Waals surface area contributed by atoms with Crippen molar-refractivity contribution in [2.75, 3.05) is 0 Å². The number of rotatable bonds is 7. The molecule has 0 fully saturated rings. The van der Waals surface area contributed by atoms with Gasteiger partial charge in [-0.25, -0.2) is 13.2 Å². The predicted octanol–water partition coefficient (Wildman–Crippen LogP) is 4.39. The van der Waals surface area contributed by atoms with Gasteiger partial charge in [-0.1, -0.05) is 17.7 Å². The number of halogens is 4. The molecule has 1 heterocycles. The van der Waals surface area contributed by atoms with Crippen molar-refractivity contribution in [3.8, 4) is 16.9 Å². The first kappa shape index (κ1) is 25.3. The number of aromatic nitrogens is 1. The van der Waals surface area contributed by atoms with Crippen LogP contribution in [0.3, 0.4) is 0 Å². The summed E-state index contributed by atoms with van der Waals surface area (Å²) in [5, 5.41) is 11.9. The van der Waals surface area contributed by atoms with Crippen LogP contribution in [0.4, 0.5) is 13.2 Å². The van der Waals surface area contributed by atoms with Gasteiger partial charge >= 0.3 is 0 Å². The van der Waals surface area contributed by atoms with E-state index in [0.29, 0.717) is 11.6 Å². The zero-order valence-electron chi connectivity index (χ0n) is 18.6. The molecule has 0 radical (unpaired) electrons. The summed E-state index contributed by atoms with van der Waals surface area (Å²) >= 11 is 6.17. The fourth-order valence-electron chi connectivity index (χ4n) is 3.19. The van der Waals surface area contributed by atoms with Gasteiger partial charge in [-0.3, -0.25) is 9.59 Å². The van der Waals surface area contributed by atoms with E-state index >= 15 is 0 Å². The number of H-pyrrole nitrogens is 1. The van der Waals surface area contributed by atoms with Crippen LogP contribution < -0.4 is 15.6 Å². The number of hydrogen-bond acceptors (Lipinski definition) is 4. The van der Waals surface area contributed by atoms with E-state index < -0.39 is 41.1 Å². The van der Waals surface area contributed by atoms with E-state index in [-0.39, 0.29) is 39.7 Å². The van der Waals surface area contributed by atoms with E-state index in [1.807, 2.05) is 0 Å². The number of carbonyl (C=O) groups is 1. The fraction of sp³-hybridized carbons (Fsp3) is 0.250. The Bertz CT molecular complexity index is 1300. The molecule has 0 bridgehead atoms. The highest BCUT2D eigenvalue weighted by atomic mass is 35.5. The minimum absolute atomic E-state index is 0.00454. The molecule has 0 aliphatic heterocycles. The number of ether oxygens (including phenoxy) is 1. The number of benzene rings is 2. The van der Waals surface area contributed by atoms with Crippen molar-refractivity contribution in [1.82, 2.24) is 10.3 Å². The number of amides is 1. The zero-order chi connectivity index (χ0) is 25.2. The van der Waals surface area contributed by atoms with Crippen molar-refractivity contribution in [3.05, 3.63) is 86.0 Å². The molecule has 2 aromatic carbocycles. The summed E-state index contributed by atoms with van der Waals surface area (Å²) in [5.74, 6) is -3.07. The van der Waals surface area contributed by atoms with Crippen LogP contribution in [-0.2, 0) is 17.9 Å². The predicted molar refractivity (Wildman–Crippen MR) is 121 cm³/mol. The third-order valence-electron chi connectivity index (χ3n) is 5.00. The molecular formula is C24H22ClF3N2O4. The third-order valence-corrected chi connectivity index (χ3v) is 5.34. The van der Waals surface area contributed by atoms with E-state index in [9.17, 15) is 27.9 Å². The molecule has 3 N–H and O–H groups in total. The lowest BCUT2D eigenvalue weighted by Gasteiger charge is -2.18. The summed E-state index contributed by atoms with van der Waals surface area (Å²) in [6.45, 7) is 3.77. The second-order valence-corrected chi connectivity index (χ2v) is 8.56. The molecule has 0 saturated heterocycles. The molecule has 180 valence electrons. The standard InChI is InChI=1S/C24H22ClF3N2O4/c1-12-19(16-8-13(4-7-17(16)27)10-29-23(32)24(2,3)33)21(20(25)22(31)30-12)34-11-14-5-6-15(26)9-18(14)28/h4-9,33H,10-11H2,1-3H3,(H,29,32)(H,30,31). The lowest BCUT2D eigenvalue weighted by Crippen LogP contribution is -2.41. The maximum Gasteiger partial charge on any atom is 0.270 e. The molecule has 1 aromatic heterocycles. The molecule has 1 amide bonds. The summed E-state index contributed by atoms with van der Waals surface area (Å²) in [7, 11) is 0. The summed E-state index contributed by atoms with van der Waals surface area (Å²) in [4.78, 5) is 26.7. The highest BCUT2D eigenvalue weighted by Gasteiger charge is 2.24. The molecule has 0 atom stereocenters. The van der Waals surface area contributed by atoms with Gasteiger partial charge in [0.2, 0.25) is 0 Å². The van der Waals surface area contributed by atoms with Gasteiger partial charge in [0.1, 0.15) is 34.7 Å². The summed E-state index contributed by atoms with van der Waals surface area (Å²) < 4.78 is 47.8. The number of nitrogens with one attached hydrogen (secondary N) is 2. The number of aromatic amines is 1. The smallest absolute Gasteiger partial charge is 0.270 e. The van der Waals surface area contributed by atoms with Crippen molar-refractivity contribution in [2.45, 2.75) is 39.5 Å². The Labute approximate surface area is 198 Å². The quantitative estimate of drug-likeness (QED) is 0.454. The number of pyridine rings is 1. The van der Waals surface area contributed by atoms with Crippen molar-refractivity contribution in [1.29, 1.82) is 0 Å². The highest BCUT2D eigenvalue weighted by Crippen LogP contribution is 2.38. The molecule has 3 aromatic rings. The minimum Gasteiger partial charge on any atom is -0.486 e. The van der Waals surface area contributed by atoms with Gasteiger partial charge in [0.15, 0.2) is 5.75 Å². The van der Waals surface area contributed by atoms with Crippen molar-refractivity contribution >= 4 is 17.5 Å². The first-order valence-electron chi connectivity index (χ1n) is 10.2. The van der Waals surface area contributed by atoms with Crippen LogP contribution in [0, 0.1) is 24.4 Å². The Morgan fingerprint density at radius 3 is 2.50 bits per heavy atom. The topological polar surface area (TPSA) is 91.4 Å². The van der Waals surface area contributed by atoms with Crippen LogP contribution in [0.5, 0.6) is 5.75 Å². The van der Waals surface area contributed by atoms with E-state index in [4.69, 9.17) is 16.3 Å². The van der Waals surface area contributed by atoms with Crippen LogP contribution >= 0.6 is 11.6 Å². The Morgan fingerprint density at radius 2 is 1.85 bits per heavy atom. The number of hydrogen-bond donors (Lipinski definition) is 3. The van der Waals surface area contributed by atoms with E-state index in [2.05, 4.69) is 10.3 Å². The fourth-order valence-corrected chi connectivity index (χ4v) is 3.39. The van der Waals surface area contributed by atoms with E-state index in [0.717, 1.165) is 6.07 Å². The van der Waals surface area contributed by atoms with Crippen molar-refractivity contribution in [2.24, 2.45) is 0 Å². The molecule has 34 heavy (non-hydrogen) atoms. The summed E-state index contributed by atoms with van der Waals surface area (Å²) in [6, 6.07) is 6.98. The van der Waals surface area contributed by atoms with Gasteiger partial charge in [-0.2, -0.15) is 0 Å². The van der Waals surface area contributed by atoms with Gasteiger partial charge in [0, 0.05) is 35.0 Å². The largest absolute Gasteiger partial charge is 0.486 e. The summed E-state index contributed by atoms with van der Waals surface area (Å²) in [6.07, 6.45) is 0. The molecule has 0 spiro atoms. The van der Waals surface area contributed by atoms with Crippen LogP contribution in [0.2, 0.25) is 5.02 Å². The lowest BCUT2D eigenvalue weighted by molar-refractivity contribution is -0.136. The van der Waals surface area contributed by atoms with Gasteiger partial charge in [0.05, 0.1) is 0 Å². The molecule has 3 rings (SSSR count). The maximum absolute atomic E-state index is 14.9. The second kappa shape index (κ2) is 9.90. The maximum atomic E-state index is 14.9. The lowest BCUT2D eigenvalue weighted by atomic mass is 10.00. The highest BCUT2D eigenvalue weighted by molar-refractivity contribution is 6.32.